The summed E-state index contributed by atoms with van der Waals surface area (Å²) in [5.74, 6) is 0.525. The van der Waals surface area contributed by atoms with Crippen LogP contribution in [0.4, 0.5) is 0 Å². The summed E-state index contributed by atoms with van der Waals surface area (Å²) in [7, 11) is 0. The van der Waals surface area contributed by atoms with Gasteiger partial charge >= 0.3 is 0 Å². The van der Waals surface area contributed by atoms with Crippen molar-refractivity contribution >= 4 is 0 Å². The first-order valence-electron chi connectivity index (χ1n) is 3.40. The average molecular weight is 130 g/mol. The highest BCUT2D eigenvalue weighted by Gasteiger charge is 2.24. The molecular weight excluding hydrogens is 116 g/mol. The van der Waals surface area contributed by atoms with Crippen LogP contribution >= 0.6 is 0 Å². The maximum atomic E-state index is 8.61. The average Bonchev–Trinajstić information content (AvgIpc) is 1.77. The Morgan fingerprint density at radius 2 is 2.22 bits per heavy atom. The Balaban J connectivity index is 1.98. The summed E-state index contributed by atoms with van der Waals surface area (Å²) in [6.45, 7) is 4.12. The molecule has 3 heteroatoms. The zero-order chi connectivity index (χ0) is 6.69. The van der Waals surface area contributed by atoms with Crippen LogP contribution in [0.15, 0.2) is 0 Å². The summed E-state index contributed by atoms with van der Waals surface area (Å²) in [5, 5.41) is 8.61. The number of aliphatic hydroxyl groups is 1. The Labute approximate surface area is 55.5 Å². The zero-order valence-electron chi connectivity index (χ0n) is 5.58. The molecule has 0 bridgehead atoms. The van der Waals surface area contributed by atoms with Gasteiger partial charge in [-0.25, -0.2) is 0 Å². The molecular formula is C6H14N2O. The van der Waals surface area contributed by atoms with Gasteiger partial charge in [-0.2, -0.15) is 0 Å². The molecule has 0 unspecified atom stereocenters. The number of likely N-dealkylation sites (tertiary alicyclic amines) is 1. The van der Waals surface area contributed by atoms with E-state index < -0.39 is 0 Å². The van der Waals surface area contributed by atoms with Gasteiger partial charge in [0.15, 0.2) is 0 Å². The molecule has 1 aliphatic rings. The van der Waals surface area contributed by atoms with Gasteiger partial charge in [-0.3, -0.25) is 0 Å². The Morgan fingerprint density at radius 1 is 1.56 bits per heavy atom. The van der Waals surface area contributed by atoms with Crippen molar-refractivity contribution < 1.29 is 5.11 Å². The number of hydrogen-bond acceptors (Lipinski definition) is 3. The van der Waals surface area contributed by atoms with Crippen molar-refractivity contribution in [1.82, 2.24) is 4.90 Å². The molecule has 1 saturated heterocycles. The fraction of sp³-hybridized carbons (Fsp3) is 1.00. The monoisotopic (exact) mass is 130 g/mol. The van der Waals surface area contributed by atoms with E-state index in [-0.39, 0.29) is 0 Å². The molecule has 0 aromatic carbocycles. The fourth-order valence-corrected chi connectivity index (χ4v) is 1.16. The molecule has 0 atom stereocenters. The minimum Gasteiger partial charge on any atom is -0.396 e. The Morgan fingerprint density at radius 3 is 2.67 bits per heavy atom. The second-order valence-corrected chi connectivity index (χ2v) is 2.60. The van der Waals surface area contributed by atoms with Crippen molar-refractivity contribution in [3.8, 4) is 0 Å². The van der Waals surface area contributed by atoms with E-state index in [1.807, 2.05) is 0 Å². The number of rotatable bonds is 3. The van der Waals surface area contributed by atoms with Crippen molar-refractivity contribution in [2.75, 3.05) is 32.8 Å². The highest BCUT2D eigenvalue weighted by Crippen LogP contribution is 2.12. The number of aliphatic hydroxyl groups excluding tert-OH is 1. The molecule has 0 amide bonds. The van der Waals surface area contributed by atoms with Crippen LogP contribution in [0.5, 0.6) is 0 Å². The SMILES string of the molecule is NCCN1CC(CO)C1. The molecule has 1 rings (SSSR count). The summed E-state index contributed by atoms with van der Waals surface area (Å²) < 4.78 is 0. The van der Waals surface area contributed by atoms with E-state index in [0.717, 1.165) is 26.2 Å². The predicted molar refractivity (Wildman–Crippen MR) is 36.1 cm³/mol. The van der Waals surface area contributed by atoms with Crippen molar-refractivity contribution in [3.63, 3.8) is 0 Å². The molecule has 3 nitrogen and oxygen atoms in total. The maximum absolute atomic E-state index is 8.61. The van der Waals surface area contributed by atoms with Crippen molar-refractivity contribution in [2.45, 2.75) is 0 Å². The highest BCUT2D eigenvalue weighted by atomic mass is 16.3. The van der Waals surface area contributed by atoms with Crippen LogP contribution in [0.1, 0.15) is 0 Å². The van der Waals surface area contributed by atoms with Gasteiger partial charge in [0, 0.05) is 38.7 Å². The second kappa shape index (κ2) is 3.15. The zero-order valence-corrected chi connectivity index (χ0v) is 5.58. The van der Waals surface area contributed by atoms with Gasteiger partial charge in [0.05, 0.1) is 0 Å². The molecule has 1 fully saturated rings. The lowest BCUT2D eigenvalue weighted by molar-refractivity contribution is 0.0567. The molecule has 0 aromatic heterocycles. The lowest BCUT2D eigenvalue weighted by Crippen LogP contribution is -2.49. The van der Waals surface area contributed by atoms with Gasteiger partial charge < -0.3 is 15.7 Å². The summed E-state index contributed by atoms with van der Waals surface area (Å²) >= 11 is 0. The van der Waals surface area contributed by atoms with E-state index in [2.05, 4.69) is 4.90 Å². The summed E-state index contributed by atoms with van der Waals surface area (Å²) in [6, 6.07) is 0. The maximum Gasteiger partial charge on any atom is 0.0483 e. The first-order valence-corrected chi connectivity index (χ1v) is 3.40. The Hall–Kier alpha value is -0.120. The largest absolute Gasteiger partial charge is 0.396 e. The Kier molecular flexibility index (Phi) is 2.45. The van der Waals surface area contributed by atoms with E-state index in [1.54, 1.807) is 0 Å². The predicted octanol–water partition coefficient (Wildman–Crippen LogP) is -1.13. The number of nitrogens with two attached hydrogens (primary N) is 1. The molecule has 1 heterocycles. The summed E-state index contributed by atoms with van der Waals surface area (Å²) in [5.41, 5.74) is 5.32. The molecule has 54 valence electrons. The van der Waals surface area contributed by atoms with Crippen LogP contribution in [-0.4, -0.2) is 42.8 Å². The van der Waals surface area contributed by atoms with Gasteiger partial charge in [-0.1, -0.05) is 0 Å². The second-order valence-electron chi connectivity index (χ2n) is 2.60. The third-order valence-corrected chi connectivity index (χ3v) is 1.74. The number of hydrogen-bond donors (Lipinski definition) is 2. The summed E-state index contributed by atoms with van der Waals surface area (Å²) in [6.07, 6.45) is 0. The molecule has 0 radical (unpaired) electrons. The van der Waals surface area contributed by atoms with Gasteiger partial charge in [0.25, 0.3) is 0 Å². The fourth-order valence-electron chi connectivity index (χ4n) is 1.16. The standard InChI is InChI=1S/C6H14N2O/c7-1-2-8-3-6(4-8)5-9/h6,9H,1-5,7H2. The van der Waals surface area contributed by atoms with Gasteiger partial charge in [0.1, 0.15) is 0 Å². The third kappa shape index (κ3) is 1.64. The lowest BCUT2D eigenvalue weighted by Gasteiger charge is -2.37. The van der Waals surface area contributed by atoms with Crippen LogP contribution in [0, 0.1) is 5.92 Å². The minimum atomic E-state index is 0.334. The van der Waals surface area contributed by atoms with Crippen LogP contribution in [0.3, 0.4) is 0 Å². The lowest BCUT2D eigenvalue weighted by atomic mass is 10.0. The van der Waals surface area contributed by atoms with Crippen LogP contribution in [0.25, 0.3) is 0 Å². The van der Waals surface area contributed by atoms with E-state index in [0.29, 0.717) is 12.5 Å². The molecule has 1 aliphatic heterocycles. The van der Waals surface area contributed by atoms with Gasteiger partial charge in [0.2, 0.25) is 0 Å². The van der Waals surface area contributed by atoms with E-state index in [1.165, 1.54) is 0 Å². The van der Waals surface area contributed by atoms with Crippen LogP contribution in [-0.2, 0) is 0 Å². The molecule has 9 heavy (non-hydrogen) atoms. The van der Waals surface area contributed by atoms with Crippen molar-refractivity contribution in [1.29, 1.82) is 0 Å². The first-order chi connectivity index (χ1) is 4.36. The normalized spacial score (nSPS) is 22.0. The molecule has 0 spiro atoms. The Bertz CT molecular complexity index is 81.1. The quantitative estimate of drug-likeness (QED) is 0.508. The van der Waals surface area contributed by atoms with Crippen LogP contribution in [0.2, 0.25) is 0 Å². The molecule has 0 aromatic rings. The first kappa shape index (κ1) is 6.99. The van der Waals surface area contributed by atoms with E-state index in [9.17, 15) is 0 Å². The van der Waals surface area contributed by atoms with Crippen LogP contribution < -0.4 is 5.73 Å². The minimum absolute atomic E-state index is 0.334. The molecule has 0 saturated carbocycles. The smallest absolute Gasteiger partial charge is 0.0483 e. The van der Waals surface area contributed by atoms with Crippen molar-refractivity contribution in [2.24, 2.45) is 11.7 Å². The van der Waals surface area contributed by atoms with Gasteiger partial charge in [-0.15, -0.1) is 0 Å². The highest BCUT2D eigenvalue weighted by molar-refractivity contribution is 4.78. The summed E-state index contributed by atoms with van der Waals surface area (Å²) in [4.78, 5) is 2.25. The van der Waals surface area contributed by atoms with Gasteiger partial charge in [-0.05, 0) is 0 Å². The molecule has 3 N–H and O–H groups in total. The van der Waals surface area contributed by atoms with Crippen molar-refractivity contribution in [3.05, 3.63) is 0 Å². The third-order valence-electron chi connectivity index (χ3n) is 1.74. The number of nitrogens with zero attached hydrogens (tertiary/aromatic N) is 1. The topological polar surface area (TPSA) is 49.5 Å². The van der Waals surface area contributed by atoms with E-state index in [4.69, 9.17) is 10.8 Å². The molecule has 0 aliphatic carbocycles. The van der Waals surface area contributed by atoms with E-state index >= 15 is 0 Å².